The number of thiophene rings is 1. The Morgan fingerprint density at radius 1 is 1.21 bits per heavy atom. The number of sulfonamides is 1. The van der Waals surface area contributed by atoms with E-state index in [-0.39, 0.29) is 12.5 Å². The van der Waals surface area contributed by atoms with Crippen LogP contribution in [0.3, 0.4) is 0 Å². The van der Waals surface area contributed by atoms with Gasteiger partial charge >= 0.3 is 0 Å². The lowest BCUT2D eigenvalue weighted by Gasteiger charge is -2.34. The lowest BCUT2D eigenvalue weighted by Crippen LogP contribution is -2.48. The van der Waals surface area contributed by atoms with Crippen LogP contribution in [0.2, 0.25) is 5.02 Å². The molecule has 0 radical (unpaired) electrons. The van der Waals surface area contributed by atoms with Crippen LogP contribution in [0.25, 0.3) is 10.2 Å². The Balaban J connectivity index is 1.61. The molecule has 1 aromatic carbocycles. The highest BCUT2D eigenvalue weighted by molar-refractivity contribution is 7.91. The van der Waals surface area contributed by atoms with Gasteiger partial charge in [0.15, 0.2) is 5.13 Å². The lowest BCUT2D eigenvalue weighted by atomic mass is 9.98. The van der Waals surface area contributed by atoms with Gasteiger partial charge in [-0.1, -0.05) is 48.9 Å². The summed E-state index contributed by atoms with van der Waals surface area (Å²) in [6.07, 6.45) is 1.30. The van der Waals surface area contributed by atoms with Crippen LogP contribution >= 0.6 is 34.3 Å². The van der Waals surface area contributed by atoms with E-state index in [0.29, 0.717) is 52.4 Å². The third-order valence-corrected chi connectivity index (χ3v) is 10.8. The number of fused-ring (bicyclic) bond motifs is 1. The first kappa shape index (κ1) is 25.5. The van der Waals surface area contributed by atoms with Gasteiger partial charge < -0.3 is 4.90 Å². The van der Waals surface area contributed by atoms with Gasteiger partial charge in [-0.05, 0) is 49.5 Å². The first-order valence-corrected chi connectivity index (χ1v) is 15.0. The normalized spacial score (nSPS) is 17.5. The van der Waals surface area contributed by atoms with Crippen molar-refractivity contribution in [2.24, 2.45) is 5.92 Å². The molecule has 1 amide bonds. The van der Waals surface area contributed by atoms with Gasteiger partial charge in [-0.25, -0.2) is 13.4 Å². The maximum absolute atomic E-state index is 13.8. The number of aromatic nitrogens is 1. The largest absolute Gasteiger partial charge is 0.302 e. The molecule has 7 nitrogen and oxygen atoms in total. The summed E-state index contributed by atoms with van der Waals surface area (Å²) >= 11 is 9.00. The van der Waals surface area contributed by atoms with E-state index >= 15 is 0 Å². The van der Waals surface area contributed by atoms with E-state index in [1.165, 1.54) is 27.0 Å². The van der Waals surface area contributed by atoms with Gasteiger partial charge in [0, 0.05) is 26.2 Å². The minimum atomic E-state index is -3.59. The third kappa shape index (κ3) is 5.32. The maximum Gasteiger partial charge on any atom is 0.252 e. The lowest BCUT2D eigenvalue weighted by molar-refractivity contribution is -0.123. The second-order valence-corrected chi connectivity index (χ2v) is 12.8. The number of amides is 1. The Labute approximate surface area is 214 Å². The highest BCUT2D eigenvalue weighted by Gasteiger charge is 2.36. The molecular weight excluding hydrogens is 512 g/mol. The molecular formula is C23H29ClN4O3S3. The molecule has 184 valence electrons. The van der Waals surface area contributed by atoms with Crippen LogP contribution in [0, 0.1) is 5.92 Å². The van der Waals surface area contributed by atoms with Crippen LogP contribution < -0.4 is 4.90 Å². The van der Waals surface area contributed by atoms with Gasteiger partial charge in [0.25, 0.3) is 10.0 Å². The molecule has 3 heterocycles. The maximum atomic E-state index is 13.8. The van der Waals surface area contributed by atoms with E-state index in [9.17, 15) is 13.2 Å². The van der Waals surface area contributed by atoms with Crippen LogP contribution in [0.5, 0.6) is 0 Å². The van der Waals surface area contributed by atoms with Crippen molar-refractivity contribution in [3.8, 4) is 0 Å². The zero-order valence-electron chi connectivity index (χ0n) is 19.3. The molecule has 1 aliphatic rings. The highest BCUT2D eigenvalue weighted by Crippen LogP contribution is 2.34. The van der Waals surface area contributed by atoms with Crippen molar-refractivity contribution < 1.29 is 13.2 Å². The summed E-state index contributed by atoms with van der Waals surface area (Å²) < 4.78 is 28.9. The summed E-state index contributed by atoms with van der Waals surface area (Å²) in [7, 11) is -3.59. The molecule has 2 aromatic heterocycles. The molecule has 0 spiro atoms. The number of halogens is 1. The van der Waals surface area contributed by atoms with Crippen LogP contribution in [0.1, 0.15) is 26.7 Å². The molecule has 1 unspecified atom stereocenters. The quantitative estimate of drug-likeness (QED) is 0.390. The fraction of sp³-hybridized carbons (Fsp3) is 0.478. The number of thiazole rings is 1. The molecule has 0 saturated carbocycles. The number of piperidine rings is 1. The van der Waals surface area contributed by atoms with Gasteiger partial charge in [0.2, 0.25) is 5.91 Å². The molecule has 0 aliphatic carbocycles. The molecule has 1 aliphatic heterocycles. The number of hydrogen-bond donors (Lipinski definition) is 0. The predicted molar refractivity (Wildman–Crippen MR) is 141 cm³/mol. The Bertz CT molecular complexity index is 1230. The second-order valence-electron chi connectivity index (χ2n) is 8.23. The molecule has 1 fully saturated rings. The van der Waals surface area contributed by atoms with Crippen molar-refractivity contribution in [3.05, 3.63) is 40.7 Å². The van der Waals surface area contributed by atoms with E-state index in [0.717, 1.165) is 17.8 Å². The van der Waals surface area contributed by atoms with Crippen LogP contribution in [-0.4, -0.2) is 67.8 Å². The predicted octanol–water partition coefficient (Wildman–Crippen LogP) is 4.79. The number of benzene rings is 1. The van der Waals surface area contributed by atoms with Crippen LogP contribution in [0.15, 0.2) is 39.9 Å². The summed E-state index contributed by atoms with van der Waals surface area (Å²) in [5.41, 5.74) is 0.690. The SMILES string of the molecule is CCN(CC)CCN(C(=O)C1CCCN(S(=O)(=O)c2cccs2)C1)c1nc2c(Cl)cccc2s1. The van der Waals surface area contributed by atoms with E-state index in [4.69, 9.17) is 16.6 Å². The Morgan fingerprint density at radius 3 is 2.68 bits per heavy atom. The smallest absolute Gasteiger partial charge is 0.252 e. The van der Waals surface area contributed by atoms with Crippen molar-refractivity contribution >= 4 is 65.6 Å². The Kier molecular flexibility index (Phi) is 8.27. The average molecular weight is 541 g/mol. The fourth-order valence-electron chi connectivity index (χ4n) is 4.22. The van der Waals surface area contributed by atoms with E-state index < -0.39 is 15.9 Å². The van der Waals surface area contributed by atoms with E-state index in [1.54, 1.807) is 28.5 Å². The topological polar surface area (TPSA) is 73.8 Å². The van der Waals surface area contributed by atoms with Crippen LogP contribution in [0.4, 0.5) is 5.13 Å². The van der Waals surface area contributed by atoms with E-state index in [2.05, 4.69) is 18.7 Å². The Hall–Kier alpha value is -1.56. The minimum absolute atomic E-state index is 0.0755. The van der Waals surface area contributed by atoms with Crippen molar-refractivity contribution in [3.63, 3.8) is 0 Å². The van der Waals surface area contributed by atoms with Crippen molar-refractivity contribution in [2.75, 3.05) is 44.2 Å². The van der Waals surface area contributed by atoms with Crippen molar-refractivity contribution in [1.82, 2.24) is 14.2 Å². The zero-order chi connectivity index (χ0) is 24.3. The number of anilines is 1. The third-order valence-electron chi connectivity index (χ3n) is 6.21. The first-order chi connectivity index (χ1) is 16.3. The minimum Gasteiger partial charge on any atom is -0.302 e. The molecule has 1 atom stereocenters. The summed E-state index contributed by atoms with van der Waals surface area (Å²) in [6, 6.07) is 8.97. The molecule has 1 saturated heterocycles. The van der Waals surface area contributed by atoms with Crippen LogP contribution in [-0.2, 0) is 14.8 Å². The molecule has 11 heteroatoms. The number of rotatable bonds is 9. The number of carbonyl (C=O) groups is 1. The number of hydrogen-bond acceptors (Lipinski definition) is 7. The number of nitrogens with zero attached hydrogens (tertiary/aromatic N) is 4. The van der Waals surface area contributed by atoms with Gasteiger partial charge in [-0.3, -0.25) is 9.69 Å². The van der Waals surface area contributed by atoms with Gasteiger partial charge in [0.05, 0.1) is 15.6 Å². The highest BCUT2D eigenvalue weighted by atomic mass is 35.5. The van der Waals surface area contributed by atoms with Crippen molar-refractivity contribution in [2.45, 2.75) is 30.9 Å². The van der Waals surface area contributed by atoms with Gasteiger partial charge in [0.1, 0.15) is 9.73 Å². The zero-order valence-corrected chi connectivity index (χ0v) is 22.5. The molecule has 4 rings (SSSR count). The standard InChI is InChI=1S/C23H29ClN4O3S3/c1-3-26(4-2)13-14-28(23-25-21-18(24)9-5-10-19(21)33-23)22(29)17-8-6-12-27(16-17)34(30,31)20-11-7-15-32-20/h5,7,9-11,15,17H,3-4,6,8,12-14,16H2,1-2H3. The molecule has 34 heavy (non-hydrogen) atoms. The number of para-hydroxylation sites is 1. The number of carbonyl (C=O) groups excluding carboxylic acids is 1. The second kappa shape index (κ2) is 11.0. The fourth-order valence-corrected chi connectivity index (χ4v) is 8.19. The summed E-state index contributed by atoms with van der Waals surface area (Å²) in [5.74, 6) is -0.490. The van der Waals surface area contributed by atoms with Crippen molar-refractivity contribution in [1.29, 1.82) is 0 Å². The van der Waals surface area contributed by atoms with E-state index in [1.807, 2.05) is 12.1 Å². The monoisotopic (exact) mass is 540 g/mol. The molecule has 3 aromatic rings. The first-order valence-electron chi connectivity index (χ1n) is 11.5. The average Bonchev–Trinajstić information content (AvgIpc) is 3.53. The Morgan fingerprint density at radius 2 is 2.00 bits per heavy atom. The summed E-state index contributed by atoms with van der Waals surface area (Å²) in [5, 5.41) is 2.92. The molecule has 0 bridgehead atoms. The summed E-state index contributed by atoms with van der Waals surface area (Å²) in [4.78, 5) is 22.5. The van der Waals surface area contributed by atoms with Gasteiger partial charge in [-0.2, -0.15) is 4.31 Å². The number of likely N-dealkylation sites (N-methyl/N-ethyl adjacent to an activating group) is 1. The molecule has 0 N–H and O–H groups in total. The van der Waals surface area contributed by atoms with Gasteiger partial charge in [-0.15, -0.1) is 11.3 Å². The summed E-state index contributed by atoms with van der Waals surface area (Å²) in [6.45, 7) is 7.80.